The average molecular weight is 388 g/mol. The first-order chi connectivity index (χ1) is 9.97. The minimum Gasteiger partial charge on any atom is -0.295 e. The molecule has 21 heavy (non-hydrogen) atoms. The smallest absolute Gasteiger partial charge is 0.139 e. The number of nitrogens with zero attached hydrogens (tertiary/aromatic N) is 2. The van der Waals surface area contributed by atoms with Crippen LogP contribution in [-0.2, 0) is 0 Å². The van der Waals surface area contributed by atoms with Crippen LogP contribution >= 0.6 is 39.1 Å². The monoisotopic (exact) mass is 386 g/mol. The largest absolute Gasteiger partial charge is 0.295 e. The number of halogens is 4. The van der Waals surface area contributed by atoms with E-state index in [0.717, 1.165) is 11.0 Å². The Bertz CT molecular complexity index is 830. The van der Waals surface area contributed by atoms with Crippen molar-refractivity contribution in [2.24, 2.45) is 0 Å². The Morgan fingerprint density at radius 3 is 2.67 bits per heavy atom. The van der Waals surface area contributed by atoms with Gasteiger partial charge in [0.25, 0.3) is 0 Å². The molecule has 1 aromatic heterocycles. The van der Waals surface area contributed by atoms with Crippen LogP contribution in [0.2, 0.25) is 5.02 Å². The lowest BCUT2D eigenvalue weighted by Gasteiger charge is -2.11. The van der Waals surface area contributed by atoms with Gasteiger partial charge in [-0.25, -0.2) is 9.37 Å². The molecule has 0 saturated carbocycles. The Hall–Kier alpha value is -1.10. The number of fused-ring (bicyclic) bond motifs is 1. The maximum Gasteiger partial charge on any atom is 0.139 e. The molecule has 2 aromatic carbocycles. The molecule has 1 heterocycles. The Kier molecular flexibility index (Phi) is 3.95. The molecule has 108 valence electrons. The fourth-order valence-corrected chi connectivity index (χ4v) is 2.79. The van der Waals surface area contributed by atoms with E-state index in [9.17, 15) is 4.39 Å². The second kappa shape index (κ2) is 5.59. The molecule has 0 spiro atoms. The maximum atomic E-state index is 13.8. The number of hydrogen-bond acceptors (Lipinski definition) is 1. The molecule has 0 amide bonds. The topological polar surface area (TPSA) is 17.8 Å². The van der Waals surface area contributed by atoms with Gasteiger partial charge in [-0.2, -0.15) is 0 Å². The van der Waals surface area contributed by atoms with Crippen molar-refractivity contribution in [3.8, 4) is 5.69 Å². The summed E-state index contributed by atoms with van der Waals surface area (Å²) in [5, 5.41) is 0.283. The minimum atomic E-state index is -0.337. The molecule has 1 unspecified atom stereocenters. The van der Waals surface area contributed by atoms with Crippen molar-refractivity contribution < 1.29 is 4.39 Å². The lowest BCUT2D eigenvalue weighted by atomic mass is 10.2. The van der Waals surface area contributed by atoms with Crippen molar-refractivity contribution in [3.63, 3.8) is 0 Å². The van der Waals surface area contributed by atoms with E-state index in [2.05, 4.69) is 20.9 Å². The summed E-state index contributed by atoms with van der Waals surface area (Å²) in [6.45, 7) is 1.83. The van der Waals surface area contributed by atoms with Gasteiger partial charge in [-0.05, 0) is 59.3 Å². The molecule has 0 bridgehead atoms. The number of aromatic nitrogens is 2. The molecular weight excluding hydrogens is 378 g/mol. The van der Waals surface area contributed by atoms with Crippen LogP contribution in [0.25, 0.3) is 16.7 Å². The van der Waals surface area contributed by atoms with E-state index in [-0.39, 0.29) is 11.2 Å². The van der Waals surface area contributed by atoms with Gasteiger partial charge in [0.15, 0.2) is 0 Å². The molecule has 3 aromatic rings. The Morgan fingerprint density at radius 1 is 1.24 bits per heavy atom. The van der Waals surface area contributed by atoms with Crippen molar-refractivity contribution in [1.82, 2.24) is 9.55 Å². The van der Waals surface area contributed by atoms with E-state index in [0.29, 0.717) is 21.0 Å². The SMILES string of the molecule is CC(Cl)c1nc2cc(Cl)ccc2n1-c1ccc(Br)c(F)c1. The summed E-state index contributed by atoms with van der Waals surface area (Å²) in [5.41, 5.74) is 2.24. The molecule has 0 radical (unpaired) electrons. The Balaban J connectivity index is 2.33. The van der Waals surface area contributed by atoms with Crippen molar-refractivity contribution in [2.75, 3.05) is 0 Å². The van der Waals surface area contributed by atoms with Gasteiger partial charge in [0, 0.05) is 5.02 Å². The van der Waals surface area contributed by atoms with E-state index < -0.39 is 0 Å². The van der Waals surface area contributed by atoms with Crippen molar-refractivity contribution in [1.29, 1.82) is 0 Å². The lowest BCUT2D eigenvalue weighted by Crippen LogP contribution is -2.02. The zero-order valence-corrected chi connectivity index (χ0v) is 14.0. The predicted octanol–water partition coefficient (Wildman–Crippen LogP) is 5.88. The highest BCUT2D eigenvalue weighted by Crippen LogP contribution is 2.30. The number of hydrogen-bond donors (Lipinski definition) is 0. The minimum absolute atomic E-state index is 0.317. The van der Waals surface area contributed by atoms with Gasteiger partial charge in [0.1, 0.15) is 11.6 Å². The van der Waals surface area contributed by atoms with Crippen LogP contribution in [0.1, 0.15) is 18.1 Å². The van der Waals surface area contributed by atoms with Gasteiger partial charge in [-0.3, -0.25) is 4.57 Å². The van der Waals surface area contributed by atoms with Gasteiger partial charge in [0.05, 0.1) is 26.6 Å². The number of benzene rings is 2. The third-order valence-electron chi connectivity index (χ3n) is 3.16. The summed E-state index contributed by atoms with van der Waals surface area (Å²) in [6, 6.07) is 10.3. The first-order valence-corrected chi connectivity index (χ1v) is 7.85. The highest BCUT2D eigenvalue weighted by molar-refractivity contribution is 9.10. The normalized spacial score (nSPS) is 12.8. The van der Waals surface area contributed by atoms with Crippen molar-refractivity contribution >= 4 is 50.2 Å². The average Bonchev–Trinajstić information content (AvgIpc) is 2.80. The second-order valence-electron chi connectivity index (χ2n) is 4.65. The molecule has 0 fully saturated rings. The number of rotatable bonds is 2. The fourth-order valence-electron chi connectivity index (χ4n) is 2.23. The van der Waals surface area contributed by atoms with Gasteiger partial charge in [-0.1, -0.05) is 11.6 Å². The Labute approximate surface area is 139 Å². The van der Waals surface area contributed by atoms with Crippen LogP contribution in [-0.4, -0.2) is 9.55 Å². The van der Waals surface area contributed by atoms with Crippen molar-refractivity contribution in [2.45, 2.75) is 12.3 Å². The molecule has 2 nitrogen and oxygen atoms in total. The molecule has 0 aliphatic rings. The number of imidazole rings is 1. The van der Waals surface area contributed by atoms with Crippen LogP contribution in [0.5, 0.6) is 0 Å². The second-order valence-corrected chi connectivity index (χ2v) is 6.60. The van der Waals surface area contributed by atoms with E-state index in [1.165, 1.54) is 6.07 Å². The van der Waals surface area contributed by atoms with Gasteiger partial charge < -0.3 is 0 Å². The lowest BCUT2D eigenvalue weighted by molar-refractivity contribution is 0.619. The summed E-state index contributed by atoms with van der Waals surface area (Å²) >= 11 is 15.4. The molecular formula is C15H10BrCl2FN2. The maximum absolute atomic E-state index is 13.8. The number of alkyl halides is 1. The fraction of sp³-hybridized carbons (Fsp3) is 0.133. The van der Waals surface area contributed by atoms with Crippen LogP contribution in [0, 0.1) is 5.82 Å². The quantitative estimate of drug-likeness (QED) is 0.502. The summed E-state index contributed by atoms with van der Waals surface area (Å²) in [6.07, 6.45) is 0. The predicted molar refractivity (Wildman–Crippen MR) is 88.0 cm³/mol. The summed E-state index contributed by atoms with van der Waals surface area (Å²) < 4.78 is 16.1. The molecule has 0 saturated heterocycles. The summed E-state index contributed by atoms with van der Waals surface area (Å²) in [4.78, 5) is 4.51. The zero-order valence-electron chi connectivity index (χ0n) is 10.9. The van der Waals surface area contributed by atoms with Gasteiger partial charge in [-0.15, -0.1) is 11.6 Å². The van der Waals surface area contributed by atoms with Gasteiger partial charge >= 0.3 is 0 Å². The molecule has 3 rings (SSSR count). The van der Waals surface area contributed by atoms with E-state index >= 15 is 0 Å². The van der Waals surface area contributed by atoms with E-state index in [4.69, 9.17) is 23.2 Å². The van der Waals surface area contributed by atoms with Crippen LogP contribution in [0.3, 0.4) is 0 Å². The zero-order chi connectivity index (χ0) is 15.1. The molecule has 0 aliphatic heterocycles. The molecule has 6 heteroatoms. The molecule has 0 aliphatic carbocycles. The summed E-state index contributed by atoms with van der Waals surface area (Å²) in [5.74, 6) is 0.312. The summed E-state index contributed by atoms with van der Waals surface area (Å²) in [7, 11) is 0. The third kappa shape index (κ3) is 2.68. The highest BCUT2D eigenvalue weighted by Gasteiger charge is 2.17. The first-order valence-electron chi connectivity index (χ1n) is 6.25. The van der Waals surface area contributed by atoms with Crippen LogP contribution in [0.15, 0.2) is 40.9 Å². The standard InChI is InChI=1S/C15H10BrCl2FN2/c1-8(17)15-20-13-6-9(18)2-5-14(13)21(15)10-3-4-11(16)12(19)7-10/h2-8H,1H3. The van der Waals surface area contributed by atoms with Crippen LogP contribution in [0.4, 0.5) is 4.39 Å². The third-order valence-corrected chi connectivity index (χ3v) is 4.23. The van der Waals surface area contributed by atoms with Crippen molar-refractivity contribution in [3.05, 3.63) is 57.5 Å². The first kappa shape index (κ1) is 14.8. The van der Waals surface area contributed by atoms with Gasteiger partial charge in [0.2, 0.25) is 0 Å². The highest BCUT2D eigenvalue weighted by atomic mass is 79.9. The van der Waals surface area contributed by atoms with Crippen LogP contribution < -0.4 is 0 Å². The van der Waals surface area contributed by atoms with E-state index in [1.54, 1.807) is 18.2 Å². The molecule has 0 N–H and O–H groups in total. The Morgan fingerprint density at radius 2 is 2.00 bits per heavy atom. The molecule has 1 atom stereocenters. The van der Waals surface area contributed by atoms with E-state index in [1.807, 2.05) is 23.6 Å².